The van der Waals surface area contributed by atoms with Crippen LogP contribution in [-0.4, -0.2) is 48.7 Å². The van der Waals surface area contributed by atoms with Crippen LogP contribution in [0.15, 0.2) is 42.1 Å². The van der Waals surface area contributed by atoms with Crippen LogP contribution in [0.25, 0.3) is 0 Å². The SMILES string of the molecule is CN(C)/C=C1/CN(Cc2ccccc2)CC(F)(F)C1=O. The van der Waals surface area contributed by atoms with E-state index in [4.69, 9.17) is 0 Å². The largest absolute Gasteiger partial charge is 0.383 e. The van der Waals surface area contributed by atoms with Crippen LogP contribution in [0, 0.1) is 0 Å². The third-order valence-corrected chi connectivity index (χ3v) is 3.10. The number of hydrogen-bond donors (Lipinski definition) is 0. The maximum Gasteiger partial charge on any atom is 0.321 e. The van der Waals surface area contributed by atoms with E-state index < -0.39 is 18.3 Å². The number of piperidine rings is 1. The lowest BCUT2D eigenvalue weighted by atomic mass is 9.99. The van der Waals surface area contributed by atoms with Gasteiger partial charge in [0.05, 0.1) is 6.54 Å². The van der Waals surface area contributed by atoms with Crippen molar-refractivity contribution >= 4 is 5.78 Å². The molecule has 0 atom stereocenters. The van der Waals surface area contributed by atoms with Gasteiger partial charge in [-0.2, -0.15) is 8.78 Å². The second-order valence-corrected chi connectivity index (χ2v) is 5.28. The van der Waals surface area contributed by atoms with Gasteiger partial charge in [-0.25, -0.2) is 0 Å². The predicted molar refractivity (Wildman–Crippen MR) is 73.4 cm³/mol. The highest BCUT2D eigenvalue weighted by molar-refractivity contribution is 6.02. The predicted octanol–water partition coefficient (Wildman–Crippen LogP) is 2.15. The smallest absolute Gasteiger partial charge is 0.321 e. The summed E-state index contributed by atoms with van der Waals surface area (Å²) >= 11 is 0. The van der Waals surface area contributed by atoms with Crippen molar-refractivity contribution in [2.24, 2.45) is 0 Å². The molecule has 1 aromatic rings. The van der Waals surface area contributed by atoms with E-state index in [0.717, 1.165) is 5.56 Å². The normalized spacial score (nSPS) is 21.2. The van der Waals surface area contributed by atoms with Crippen LogP contribution in [0.1, 0.15) is 5.56 Å². The van der Waals surface area contributed by atoms with E-state index >= 15 is 0 Å². The van der Waals surface area contributed by atoms with Crippen LogP contribution < -0.4 is 0 Å². The van der Waals surface area contributed by atoms with Gasteiger partial charge in [0.1, 0.15) is 0 Å². The Labute approximate surface area is 117 Å². The molecule has 5 heteroatoms. The zero-order valence-corrected chi connectivity index (χ0v) is 11.6. The molecule has 20 heavy (non-hydrogen) atoms. The number of halogens is 2. The highest BCUT2D eigenvalue weighted by Crippen LogP contribution is 2.27. The molecule has 1 fully saturated rings. The van der Waals surface area contributed by atoms with Gasteiger partial charge in [-0.1, -0.05) is 30.3 Å². The first-order valence-corrected chi connectivity index (χ1v) is 6.44. The van der Waals surface area contributed by atoms with Gasteiger partial charge < -0.3 is 4.90 Å². The van der Waals surface area contributed by atoms with Crippen molar-refractivity contribution in [3.8, 4) is 0 Å². The van der Waals surface area contributed by atoms with Gasteiger partial charge in [0.25, 0.3) is 0 Å². The van der Waals surface area contributed by atoms with Crippen molar-refractivity contribution in [1.29, 1.82) is 0 Å². The summed E-state index contributed by atoms with van der Waals surface area (Å²) in [4.78, 5) is 14.9. The summed E-state index contributed by atoms with van der Waals surface area (Å²) in [6.07, 6.45) is 1.48. The van der Waals surface area contributed by atoms with E-state index in [-0.39, 0.29) is 12.1 Å². The molecule has 0 N–H and O–H groups in total. The first-order valence-electron chi connectivity index (χ1n) is 6.44. The number of carbonyl (C=O) groups is 1. The number of benzene rings is 1. The van der Waals surface area contributed by atoms with Crippen molar-refractivity contribution in [2.75, 3.05) is 27.2 Å². The van der Waals surface area contributed by atoms with E-state index in [9.17, 15) is 13.6 Å². The van der Waals surface area contributed by atoms with Crippen LogP contribution in [-0.2, 0) is 11.3 Å². The van der Waals surface area contributed by atoms with Gasteiger partial charge in [-0.3, -0.25) is 9.69 Å². The van der Waals surface area contributed by atoms with Gasteiger partial charge in [0.2, 0.25) is 5.78 Å². The maximum absolute atomic E-state index is 13.8. The third-order valence-electron chi connectivity index (χ3n) is 3.10. The average Bonchev–Trinajstić information content (AvgIpc) is 2.35. The lowest BCUT2D eigenvalue weighted by molar-refractivity contribution is -0.145. The fourth-order valence-corrected chi connectivity index (χ4v) is 2.32. The molecular formula is C15H18F2N2O. The molecule has 1 saturated heterocycles. The molecule has 0 amide bonds. The maximum atomic E-state index is 13.8. The molecule has 0 aliphatic carbocycles. The molecule has 1 aliphatic heterocycles. The summed E-state index contributed by atoms with van der Waals surface area (Å²) in [5.41, 5.74) is 1.11. The molecule has 1 aliphatic rings. The molecule has 0 bridgehead atoms. The number of carbonyl (C=O) groups excluding carboxylic acids is 1. The minimum absolute atomic E-state index is 0.155. The van der Waals surface area contributed by atoms with Crippen LogP contribution in [0.5, 0.6) is 0 Å². The number of likely N-dealkylation sites (tertiary alicyclic amines) is 1. The molecule has 2 rings (SSSR count). The topological polar surface area (TPSA) is 23.6 Å². The Kier molecular flexibility index (Phi) is 4.18. The zero-order valence-electron chi connectivity index (χ0n) is 11.6. The monoisotopic (exact) mass is 280 g/mol. The minimum atomic E-state index is -3.31. The fraction of sp³-hybridized carbons (Fsp3) is 0.400. The first kappa shape index (κ1) is 14.7. The molecule has 108 valence electrons. The third kappa shape index (κ3) is 3.42. The van der Waals surface area contributed by atoms with Crippen LogP contribution in [0.4, 0.5) is 8.78 Å². The molecule has 1 aromatic carbocycles. The van der Waals surface area contributed by atoms with Crippen molar-refractivity contribution in [2.45, 2.75) is 12.5 Å². The molecule has 0 spiro atoms. The fourth-order valence-electron chi connectivity index (χ4n) is 2.32. The molecule has 0 aromatic heterocycles. The van der Waals surface area contributed by atoms with Crippen molar-refractivity contribution < 1.29 is 13.6 Å². The summed E-state index contributed by atoms with van der Waals surface area (Å²) in [5, 5.41) is 0. The van der Waals surface area contributed by atoms with Gasteiger partial charge in [0, 0.05) is 39.0 Å². The van der Waals surface area contributed by atoms with Crippen molar-refractivity contribution in [3.05, 3.63) is 47.7 Å². The Morgan fingerprint density at radius 2 is 1.95 bits per heavy atom. The summed E-state index contributed by atoms with van der Waals surface area (Å²) in [6.45, 7) is 0.140. The molecular weight excluding hydrogens is 262 g/mol. The second-order valence-electron chi connectivity index (χ2n) is 5.28. The lowest BCUT2D eigenvalue weighted by Gasteiger charge is -2.33. The van der Waals surface area contributed by atoms with E-state index in [1.807, 2.05) is 30.3 Å². The highest BCUT2D eigenvalue weighted by Gasteiger charge is 2.46. The van der Waals surface area contributed by atoms with Gasteiger partial charge in [0.15, 0.2) is 0 Å². The Morgan fingerprint density at radius 1 is 1.30 bits per heavy atom. The Morgan fingerprint density at radius 3 is 2.55 bits per heavy atom. The number of nitrogens with zero attached hydrogens (tertiary/aromatic N) is 2. The van der Waals surface area contributed by atoms with Crippen LogP contribution in [0.3, 0.4) is 0 Å². The van der Waals surface area contributed by atoms with Gasteiger partial charge in [-0.15, -0.1) is 0 Å². The lowest BCUT2D eigenvalue weighted by Crippen LogP contribution is -2.50. The number of Topliss-reactive ketones (excluding diaryl/α,β-unsaturated/α-hetero) is 1. The number of hydrogen-bond acceptors (Lipinski definition) is 3. The molecule has 1 heterocycles. The molecule has 0 radical (unpaired) electrons. The number of alkyl halides is 2. The summed E-state index contributed by atoms with van der Waals surface area (Å²) in [5.74, 6) is -4.37. The van der Waals surface area contributed by atoms with Crippen molar-refractivity contribution in [1.82, 2.24) is 9.80 Å². The van der Waals surface area contributed by atoms with E-state index in [1.165, 1.54) is 6.20 Å². The summed E-state index contributed by atoms with van der Waals surface area (Å²) in [6, 6.07) is 9.42. The Bertz CT molecular complexity index is 512. The molecule has 0 unspecified atom stereocenters. The highest BCUT2D eigenvalue weighted by atomic mass is 19.3. The van der Waals surface area contributed by atoms with E-state index in [0.29, 0.717) is 6.54 Å². The van der Waals surface area contributed by atoms with E-state index in [1.54, 1.807) is 23.9 Å². The zero-order chi connectivity index (χ0) is 14.8. The minimum Gasteiger partial charge on any atom is -0.383 e. The van der Waals surface area contributed by atoms with Crippen LogP contribution >= 0.6 is 0 Å². The number of ketones is 1. The van der Waals surface area contributed by atoms with Gasteiger partial charge >= 0.3 is 5.92 Å². The Balaban J connectivity index is 2.17. The van der Waals surface area contributed by atoms with Crippen LogP contribution in [0.2, 0.25) is 0 Å². The van der Waals surface area contributed by atoms with E-state index in [2.05, 4.69) is 0 Å². The Hall–Kier alpha value is -1.75. The average molecular weight is 280 g/mol. The first-order chi connectivity index (χ1) is 9.38. The second kappa shape index (κ2) is 5.71. The quantitative estimate of drug-likeness (QED) is 0.793. The van der Waals surface area contributed by atoms with Gasteiger partial charge in [-0.05, 0) is 5.56 Å². The molecule has 3 nitrogen and oxygen atoms in total. The standard InChI is InChI=1S/C15H18F2N2O/c1-18(2)9-13-10-19(11-15(16,17)14(13)20)8-12-6-4-3-5-7-12/h3-7,9H,8,10-11H2,1-2H3/b13-9-. The molecule has 0 saturated carbocycles. The number of rotatable bonds is 3. The van der Waals surface area contributed by atoms with Crippen molar-refractivity contribution in [3.63, 3.8) is 0 Å². The summed E-state index contributed by atoms with van der Waals surface area (Å²) in [7, 11) is 3.43. The summed E-state index contributed by atoms with van der Waals surface area (Å²) < 4.78 is 27.6.